The molecule has 1 aromatic carbocycles. The van der Waals surface area contributed by atoms with E-state index in [0.717, 1.165) is 5.69 Å². The van der Waals surface area contributed by atoms with Gasteiger partial charge in [0.25, 0.3) is 0 Å². The maximum atomic E-state index is 11.9. The van der Waals surface area contributed by atoms with Crippen LogP contribution in [0.1, 0.15) is 5.69 Å². The lowest BCUT2D eigenvalue weighted by Gasteiger charge is -2.07. The summed E-state index contributed by atoms with van der Waals surface area (Å²) in [5.74, 6) is -0.689. The fraction of sp³-hybridized carbons (Fsp3) is 0.0556. The van der Waals surface area contributed by atoms with Gasteiger partial charge in [0.05, 0.1) is 17.9 Å². The first-order chi connectivity index (χ1) is 12.7. The molecular weight excluding hydrogens is 332 g/mol. The lowest BCUT2D eigenvalue weighted by molar-refractivity contribution is -0.121. The summed E-state index contributed by atoms with van der Waals surface area (Å²) in [7, 11) is 0. The second-order valence-corrected chi connectivity index (χ2v) is 5.24. The van der Waals surface area contributed by atoms with Crippen molar-refractivity contribution in [1.29, 1.82) is 0 Å². The zero-order chi connectivity index (χ0) is 18.2. The third-order valence-electron chi connectivity index (χ3n) is 3.35. The van der Waals surface area contributed by atoms with Gasteiger partial charge in [-0.2, -0.15) is 5.10 Å². The molecule has 0 aliphatic rings. The average molecular weight is 348 g/mol. The van der Waals surface area contributed by atoms with Gasteiger partial charge in [-0.25, -0.2) is 9.67 Å². The molecule has 2 N–H and O–H groups in total. The number of hydrogen-bond acceptors (Lipinski definition) is 5. The maximum absolute atomic E-state index is 11.9. The topological polar surface area (TPSA) is 102 Å². The van der Waals surface area contributed by atoms with Crippen molar-refractivity contribution in [2.45, 2.75) is 0 Å². The van der Waals surface area contributed by atoms with E-state index in [-0.39, 0.29) is 18.4 Å². The lowest BCUT2D eigenvalue weighted by atomic mass is 10.3. The molecule has 2 heterocycles. The summed E-state index contributed by atoms with van der Waals surface area (Å²) < 4.78 is 1.61. The van der Waals surface area contributed by atoms with Crippen LogP contribution in [0.25, 0.3) is 11.8 Å². The molecule has 0 unspecified atom stereocenters. The predicted molar refractivity (Wildman–Crippen MR) is 96.3 cm³/mol. The fourth-order valence-electron chi connectivity index (χ4n) is 2.11. The first-order valence-electron chi connectivity index (χ1n) is 7.82. The zero-order valence-electron chi connectivity index (χ0n) is 13.7. The van der Waals surface area contributed by atoms with Crippen molar-refractivity contribution in [3.63, 3.8) is 0 Å². The van der Waals surface area contributed by atoms with Crippen LogP contribution in [0.3, 0.4) is 0 Å². The van der Waals surface area contributed by atoms with Gasteiger partial charge >= 0.3 is 0 Å². The number of benzene rings is 1. The number of aromatic nitrogens is 4. The number of nitrogens with zero attached hydrogens (tertiary/aromatic N) is 4. The quantitative estimate of drug-likeness (QED) is 0.656. The van der Waals surface area contributed by atoms with Crippen LogP contribution in [0.2, 0.25) is 0 Å². The van der Waals surface area contributed by atoms with Gasteiger partial charge in [-0.3, -0.25) is 14.6 Å². The van der Waals surface area contributed by atoms with E-state index in [0.29, 0.717) is 11.4 Å². The maximum Gasteiger partial charge on any atom is 0.244 e. The standard InChI is InChI=1S/C18H16N6O2/c25-17(9-6-14-3-1-2-10-20-14)21-11-18(26)23-15-4-7-16(8-5-15)24-13-19-12-22-24/h1-10,12-13H,11H2,(H,21,25)(H,23,26)/b9-6+. The van der Waals surface area contributed by atoms with Crippen molar-refractivity contribution in [3.8, 4) is 5.69 Å². The van der Waals surface area contributed by atoms with E-state index in [1.165, 1.54) is 12.4 Å². The molecule has 26 heavy (non-hydrogen) atoms. The molecule has 3 aromatic rings. The van der Waals surface area contributed by atoms with Gasteiger partial charge in [-0.15, -0.1) is 0 Å². The largest absolute Gasteiger partial charge is 0.343 e. The minimum absolute atomic E-state index is 0.129. The van der Waals surface area contributed by atoms with Crippen molar-refractivity contribution < 1.29 is 9.59 Å². The number of amides is 2. The summed E-state index contributed by atoms with van der Waals surface area (Å²) in [6.45, 7) is -0.129. The number of pyridine rings is 1. The minimum atomic E-state index is -0.368. The Hall–Kier alpha value is -3.81. The summed E-state index contributed by atoms with van der Waals surface area (Å²) >= 11 is 0. The van der Waals surface area contributed by atoms with E-state index in [4.69, 9.17) is 0 Å². The van der Waals surface area contributed by atoms with Crippen LogP contribution < -0.4 is 10.6 Å². The van der Waals surface area contributed by atoms with E-state index in [1.54, 1.807) is 59.7 Å². The van der Waals surface area contributed by atoms with Crippen molar-refractivity contribution in [2.75, 3.05) is 11.9 Å². The lowest BCUT2D eigenvalue weighted by Crippen LogP contribution is -2.31. The van der Waals surface area contributed by atoms with Gasteiger partial charge in [-0.1, -0.05) is 6.07 Å². The monoisotopic (exact) mass is 348 g/mol. The summed E-state index contributed by atoms with van der Waals surface area (Å²) in [5.41, 5.74) is 2.12. The molecule has 0 aliphatic carbocycles. The van der Waals surface area contributed by atoms with Crippen LogP contribution in [-0.4, -0.2) is 38.1 Å². The summed E-state index contributed by atoms with van der Waals surface area (Å²) in [6.07, 6.45) is 7.58. The summed E-state index contributed by atoms with van der Waals surface area (Å²) in [5, 5.41) is 9.25. The molecule has 8 nitrogen and oxygen atoms in total. The first-order valence-corrected chi connectivity index (χ1v) is 7.82. The normalized spacial score (nSPS) is 10.6. The Kier molecular flexibility index (Phi) is 5.46. The van der Waals surface area contributed by atoms with Crippen molar-refractivity contribution in [1.82, 2.24) is 25.1 Å². The second kappa shape index (κ2) is 8.34. The Morgan fingerprint density at radius 2 is 1.96 bits per heavy atom. The molecule has 0 fully saturated rings. The Labute approximate surface area is 149 Å². The van der Waals surface area contributed by atoms with E-state index >= 15 is 0 Å². The molecule has 0 radical (unpaired) electrons. The van der Waals surface area contributed by atoms with Gasteiger partial charge < -0.3 is 10.6 Å². The molecule has 0 saturated carbocycles. The molecule has 0 saturated heterocycles. The molecule has 0 spiro atoms. The van der Waals surface area contributed by atoms with Gasteiger partial charge in [0.1, 0.15) is 12.7 Å². The number of carbonyl (C=O) groups is 2. The Balaban J connectivity index is 1.46. The molecule has 8 heteroatoms. The van der Waals surface area contributed by atoms with Gasteiger partial charge in [0, 0.05) is 18.0 Å². The highest BCUT2D eigenvalue weighted by Gasteiger charge is 2.05. The minimum Gasteiger partial charge on any atom is -0.343 e. The number of nitrogens with one attached hydrogen (secondary N) is 2. The van der Waals surface area contributed by atoms with Gasteiger partial charge in [0.15, 0.2) is 0 Å². The number of anilines is 1. The van der Waals surface area contributed by atoms with Crippen LogP contribution in [0, 0.1) is 0 Å². The highest BCUT2D eigenvalue weighted by atomic mass is 16.2. The molecule has 2 amide bonds. The highest BCUT2D eigenvalue weighted by Crippen LogP contribution is 2.11. The van der Waals surface area contributed by atoms with Crippen LogP contribution >= 0.6 is 0 Å². The number of rotatable bonds is 6. The van der Waals surface area contributed by atoms with E-state index in [1.807, 2.05) is 6.07 Å². The molecule has 0 aliphatic heterocycles. The smallest absolute Gasteiger partial charge is 0.244 e. The summed E-state index contributed by atoms with van der Waals surface area (Å²) in [4.78, 5) is 31.6. The highest BCUT2D eigenvalue weighted by molar-refractivity contribution is 5.97. The van der Waals surface area contributed by atoms with Gasteiger partial charge in [-0.05, 0) is 42.5 Å². The molecule has 0 bridgehead atoms. The third kappa shape index (κ3) is 4.84. The van der Waals surface area contributed by atoms with Crippen LogP contribution in [-0.2, 0) is 9.59 Å². The molecule has 130 valence electrons. The number of hydrogen-bond donors (Lipinski definition) is 2. The Bertz CT molecular complexity index is 889. The van der Waals surface area contributed by atoms with Crippen molar-refractivity contribution >= 4 is 23.6 Å². The third-order valence-corrected chi connectivity index (χ3v) is 3.35. The molecule has 0 atom stereocenters. The zero-order valence-corrected chi connectivity index (χ0v) is 13.7. The van der Waals surface area contributed by atoms with Crippen molar-refractivity contribution in [2.24, 2.45) is 0 Å². The van der Waals surface area contributed by atoms with Crippen LogP contribution in [0.5, 0.6) is 0 Å². The first kappa shape index (κ1) is 17.0. The van der Waals surface area contributed by atoms with Crippen molar-refractivity contribution in [3.05, 3.63) is 73.1 Å². The van der Waals surface area contributed by atoms with E-state index in [9.17, 15) is 9.59 Å². The Morgan fingerprint density at radius 1 is 1.12 bits per heavy atom. The van der Waals surface area contributed by atoms with E-state index < -0.39 is 0 Å². The number of carbonyl (C=O) groups excluding carboxylic acids is 2. The predicted octanol–water partition coefficient (Wildman–Crippen LogP) is 1.43. The Morgan fingerprint density at radius 3 is 2.65 bits per heavy atom. The van der Waals surface area contributed by atoms with E-state index in [2.05, 4.69) is 25.7 Å². The van der Waals surface area contributed by atoms with Crippen LogP contribution in [0.4, 0.5) is 5.69 Å². The molecular formula is C18H16N6O2. The average Bonchev–Trinajstić information content (AvgIpc) is 3.21. The summed E-state index contributed by atoms with van der Waals surface area (Å²) in [6, 6.07) is 12.5. The fourth-order valence-corrected chi connectivity index (χ4v) is 2.11. The SMILES string of the molecule is O=C(/C=C/c1ccccn1)NCC(=O)Nc1ccc(-n2cncn2)cc1. The van der Waals surface area contributed by atoms with Gasteiger partial charge in [0.2, 0.25) is 11.8 Å². The molecule has 2 aromatic heterocycles. The van der Waals surface area contributed by atoms with Crippen LogP contribution in [0.15, 0.2) is 67.4 Å². The molecule has 3 rings (SSSR count). The second-order valence-electron chi connectivity index (χ2n) is 5.24.